The zero-order chi connectivity index (χ0) is 15.5. The average Bonchev–Trinajstić information content (AvgIpc) is 2.41. The van der Waals surface area contributed by atoms with Crippen LogP contribution < -0.4 is 4.73 Å². The van der Waals surface area contributed by atoms with E-state index in [1.807, 2.05) is 32.0 Å². The molecule has 0 unspecified atom stereocenters. The lowest BCUT2D eigenvalue weighted by atomic mass is 10.3. The Morgan fingerprint density at radius 1 is 1.20 bits per heavy atom. The van der Waals surface area contributed by atoms with Crippen molar-refractivity contribution >= 4 is 31.9 Å². The van der Waals surface area contributed by atoms with Crippen molar-refractivity contribution in [3.8, 4) is 0 Å². The fourth-order valence-corrected chi connectivity index (χ4v) is 1.55. The molecule has 0 spiro atoms. The summed E-state index contributed by atoms with van der Waals surface area (Å²) in [5.74, 6) is 0. The molecule has 0 aromatic carbocycles. The van der Waals surface area contributed by atoms with E-state index in [-0.39, 0.29) is 7.43 Å². The first-order chi connectivity index (χ1) is 9.43. The Morgan fingerprint density at radius 2 is 1.75 bits per heavy atom. The van der Waals surface area contributed by atoms with E-state index in [1.165, 1.54) is 5.56 Å². The van der Waals surface area contributed by atoms with Crippen LogP contribution in [0.1, 0.15) is 33.7 Å². The highest BCUT2D eigenvalue weighted by molar-refractivity contribution is 9.10. The number of pyridine rings is 2. The third kappa shape index (κ3) is 7.60. The first kappa shape index (κ1) is 19.1. The van der Waals surface area contributed by atoms with Gasteiger partial charge in [-0.15, -0.1) is 0 Å². The number of hydrogen-bond acceptors (Lipinski definition) is 2. The second kappa shape index (κ2) is 11.9. The molecule has 5 heteroatoms. The molecule has 0 radical (unpaired) electrons. The molecule has 2 rings (SSSR count). The Hall–Kier alpha value is -0.940. The first-order valence-corrected chi connectivity index (χ1v) is 7.25. The summed E-state index contributed by atoms with van der Waals surface area (Å²) in [6.45, 7) is 6.22. The minimum absolute atomic E-state index is 0. The highest BCUT2D eigenvalue weighted by Gasteiger charge is 2.06. The van der Waals surface area contributed by atoms with Crippen LogP contribution in [0.5, 0.6) is 0 Å². The molecule has 0 amide bonds. The summed E-state index contributed by atoms with van der Waals surface area (Å²) in [6, 6.07) is 7.62. The molecular weight excluding hydrogens is 384 g/mol. The topological polar surface area (TPSA) is 37.0 Å². The molecule has 0 atom stereocenters. The number of hydrogen-bond donors (Lipinski definition) is 1. The fraction of sp³-hybridized carbons (Fsp3) is 0.333. The van der Waals surface area contributed by atoms with Gasteiger partial charge in [-0.05, 0) is 47.5 Å². The van der Waals surface area contributed by atoms with E-state index in [4.69, 9.17) is 6.58 Å². The molecule has 0 aliphatic rings. The van der Waals surface area contributed by atoms with Gasteiger partial charge in [-0.1, -0.05) is 27.3 Å². The third-order valence-electron chi connectivity index (χ3n) is 2.05. The van der Waals surface area contributed by atoms with Crippen LogP contribution in [0, 0.1) is 13.8 Å². The Balaban J connectivity index is 0. The number of halogens is 2. The van der Waals surface area contributed by atoms with Gasteiger partial charge in [0, 0.05) is 39.9 Å². The molecule has 2 aromatic rings. The zero-order valence-electron chi connectivity index (χ0n) is 12.3. The Bertz CT molecular complexity index is 484. The van der Waals surface area contributed by atoms with Gasteiger partial charge < -0.3 is 0 Å². The van der Waals surface area contributed by atoms with Crippen molar-refractivity contribution in [2.45, 2.75) is 35.1 Å². The van der Waals surface area contributed by atoms with Gasteiger partial charge in [0.25, 0.3) is 0 Å². The lowest BCUT2D eigenvalue weighted by molar-refractivity contribution is -0.913. The molecule has 3 nitrogen and oxygen atoms in total. The molecule has 20 heavy (non-hydrogen) atoms. The van der Waals surface area contributed by atoms with Gasteiger partial charge in [-0.25, -0.2) is 4.98 Å². The number of nitrogens with zero attached hydrogens (tertiary/aromatic N) is 2. The molecule has 112 valence electrons. The predicted octanol–water partition coefficient (Wildman–Crippen LogP) is 5.10. The van der Waals surface area contributed by atoms with E-state index in [2.05, 4.69) is 36.8 Å². The van der Waals surface area contributed by atoms with Crippen molar-refractivity contribution in [1.82, 2.24) is 4.98 Å². The van der Waals surface area contributed by atoms with E-state index in [9.17, 15) is 0 Å². The maximum absolute atomic E-state index is 8.97. The van der Waals surface area contributed by atoms with Crippen LogP contribution in [-0.4, -0.2) is 10.2 Å². The fourth-order valence-electron chi connectivity index (χ4n) is 1.05. The summed E-state index contributed by atoms with van der Waals surface area (Å²) < 4.78 is 8.88. The van der Waals surface area contributed by atoms with Crippen molar-refractivity contribution in [2.24, 2.45) is 0 Å². The molecule has 2 aromatic heterocycles. The van der Waals surface area contributed by atoms with Crippen LogP contribution in [0.15, 0.2) is 45.9 Å². The number of rotatable bonds is 0. The largest absolute Gasteiger partial charge is 0.301 e. The van der Waals surface area contributed by atoms with Crippen molar-refractivity contribution in [1.29, 1.82) is 0 Å². The number of aromatic nitrogens is 2. The molecule has 0 saturated heterocycles. The number of aryl methyl sites for hydroxylation is 2. The first-order valence-electron chi connectivity index (χ1n) is 6.37. The van der Waals surface area contributed by atoms with Crippen molar-refractivity contribution in [3.05, 3.63) is 57.0 Å². The molecule has 0 aliphatic heterocycles. The van der Waals surface area contributed by atoms with E-state index in [1.54, 1.807) is 25.4 Å². The summed E-state index contributed by atoms with van der Waals surface area (Å²) in [7, 11) is 0. The van der Waals surface area contributed by atoms with Gasteiger partial charge >= 0.3 is 4.60 Å². The van der Waals surface area contributed by atoms with E-state index >= 15 is 0 Å². The van der Waals surface area contributed by atoms with Crippen LogP contribution in [0.4, 0.5) is 0 Å². The van der Waals surface area contributed by atoms with E-state index < -0.39 is 0 Å². The van der Waals surface area contributed by atoms with E-state index in [0.717, 1.165) is 14.9 Å². The van der Waals surface area contributed by atoms with Crippen LogP contribution >= 0.6 is 31.9 Å². The quantitative estimate of drug-likeness (QED) is 0.374. The monoisotopic (exact) mass is 406 g/mol. The normalized spacial score (nSPS) is 8.95. The maximum atomic E-state index is 8.97. The Morgan fingerprint density at radius 3 is 2.10 bits per heavy atom. The molecular formula is C15H23Br2N2O+. The van der Waals surface area contributed by atoms with Gasteiger partial charge in [0.2, 0.25) is 6.20 Å². The standard InChI is InChI=1S/C6H7BrNO.C6H6BrN.C2H6.CH4/c1-5-3-2-4-8(9)6(5)7;1-5-3-2-4-8-6(5)7;1-2;/h2-4,9H,1H3;2-4H,1H3;1-2H3;1H4/q+1;;;/i;;1D;. The van der Waals surface area contributed by atoms with Gasteiger partial charge in [0.1, 0.15) is 4.60 Å². The Labute approximate surface area is 140 Å². The van der Waals surface area contributed by atoms with Gasteiger partial charge in [-0.3, -0.25) is 5.21 Å². The molecule has 0 aliphatic carbocycles. The summed E-state index contributed by atoms with van der Waals surface area (Å²) in [6.07, 6.45) is 3.33. The van der Waals surface area contributed by atoms with Crippen LogP contribution in [0.3, 0.4) is 0 Å². The highest BCUT2D eigenvalue weighted by Crippen LogP contribution is 2.09. The third-order valence-corrected chi connectivity index (χ3v) is 3.86. The lowest BCUT2D eigenvalue weighted by Gasteiger charge is -1.90. The summed E-state index contributed by atoms with van der Waals surface area (Å²) in [4.78, 5) is 4.00. The van der Waals surface area contributed by atoms with Crippen LogP contribution in [-0.2, 0) is 0 Å². The predicted molar refractivity (Wildman–Crippen MR) is 91.0 cm³/mol. The Kier molecular flexibility index (Phi) is 11.3. The minimum atomic E-state index is 0. The molecule has 0 saturated carbocycles. The second-order valence-electron chi connectivity index (χ2n) is 3.44. The molecule has 2 heterocycles. The minimum Gasteiger partial charge on any atom is -0.284 e. The smallest absolute Gasteiger partial charge is 0.284 e. The SMILES string of the molecule is C.Cc1ccc[n+](O)c1Br.Cc1cccnc1Br.[2H]CC. The van der Waals surface area contributed by atoms with E-state index in [0.29, 0.717) is 11.5 Å². The molecule has 0 fully saturated rings. The van der Waals surface area contributed by atoms with Gasteiger partial charge in [-0.2, -0.15) is 0 Å². The van der Waals surface area contributed by atoms with Crippen LogP contribution in [0.2, 0.25) is 0 Å². The second-order valence-corrected chi connectivity index (χ2v) is 4.94. The van der Waals surface area contributed by atoms with Gasteiger partial charge in [0.15, 0.2) is 0 Å². The summed E-state index contributed by atoms with van der Waals surface area (Å²) in [5, 5.41) is 8.97. The van der Waals surface area contributed by atoms with Crippen molar-refractivity contribution in [3.63, 3.8) is 0 Å². The highest BCUT2D eigenvalue weighted by atomic mass is 79.9. The molecule has 1 N–H and O–H groups in total. The maximum Gasteiger partial charge on any atom is 0.301 e. The van der Waals surface area contributed by atoms with Crippen molar-refractivity contribution < 1.29 is 11.3 Å². The lowest BCUT2D eigenvalue weighted by Crippen LogP contribution is -2.31. The average molecular weight is 408 g/mol. The molecule has 0 bridgehead atoms. The van der Waals surface area contributed by atoms with Gasteiger partial charge in [0.05, 0.1) is 0 Å². The summed E-state index contributed by atoms with van der Waals surface area (Å²) in [5.41, 5.74) is 2.19. The van der Waals surface area contributed by atoms with Crippen LogP contribution in [0.25, 0.3) is 0 Å². The van der Waals surface area contributed by atoms with Crippen molar-refractivity contribution in [2.75, 3.05) is 0 Å². The zero-order valence-corrected chi connectivity index (χ0v) is 14.4. The summed E-state index contributed by atoms with van der Waals surface area (Å²) >= 11 is 6.48.